The van der Waals surface area contributed by atoms with Gasteiger partial charge in [0.2, 0.25) is 0 Å². The van der Waals surface area contributed by atoms with Crippen molar-refractivity contribution in [2.24, 2.45) is 10.2 Å². The standard InChI is InChI=1S/C9H20N4/c1-7-9(11-13(5)6)8(2)10-12(3)4/h7H2,1-6H3. The molecule has 0 fully saturated rings. The van der Waals surface area contributed by atoms with Gasteiger partial charge in [-0.2, -0.15) is 10.2 Å². The first-order valence-corrected chi connectivity index (χ1v) is 4.45. The van der Waals surface area contributed by atoms with Crippen molar-refractivity contribution in [3.05, 3.63) is 0 Å². The van der Waals surface area contributed by atoms with Crippen LogP contribution in [0.3, 0.4) is 0 Å². The molecule has 0 saturated heterocycles. The normalized spacial score (nSPS) is 13.1. The van der Waals surface area contributed by atoms with Crippen molar-refractivity contribution in [3.63, 3.8) is 0 Å². The highest BCUT2D eigenvalue weighted by atomic mass is 15.4. The molecule has 0 aliphatic rings. The maximum Gasteiger partial charge on any atom is 0.0831 e. The second-order valence-electron chi connectivity index (χ2n) is 3.28. The first kappa shape index (κ1) is 11.9. The molecule has 13 heavy (non-hydrogen) atoms. The van der Waals surface area contributed by atoms with Gasteiger partial charge in [-0.05, 0) is 13.3 Å². The van der Waals surface area contributed by atoms with Crippen LogP contribution < -0.4 is 0 Å². The second kappa shape index (κ2) is 5.56. The van der Waals surface area contributed by atoms with E-state index in [4.69, 9.17) is 0 Å². The Morgan fingerprint density at radius 3 is 1.77 bits per heavy atom. The maximum absolute atomic E-state index is 4.34. The fraction of sp³-hybridized carbons (Fsp3) is 0.778. The molecule has 0 N–H and O–H groups in total. The van der Waals surface area contributed by atoms with Crippen molar-refractivity contribution in [1.29, 1.82) is 0 Å². The molecule has 0 rings (SSSR count). The van der Waals surface area contributed by atoms with Crippen LogP contribution in [0.1, 0.15) is 20.3 Å². The summed E-state index contributed by atoms with van der Waals surface area (Å²) in [6.45, 7) is 4.06. The summed E-state index contributed by atoms with van der Waals surface area (Å²) in [6, 6.07) is 0. The van der Waals surface area contributed by atoms with Gasteiger partial charge in [-0.15, -0.1) is 0 Å². The van der Waals surface area contributed by atoms with Crippen LogP contribution in [0.25, 0.3) is 0 Å². The summed E-state index contributed by atoms with van der Waals surface area (Å²) in [6.07, 6.45) is 0.904. The van der Waals surface area contributed by atoms with E-state index < -0.39 is 0 Å². The molecule has 0 aliphatic carbocycles. The molecule has 0 atom stereocenters. The van der Waals surface area contributed by atoms with Gasteiger partial charge in [-0.3, -0.25) is 0 Å². The van der Waals surface area contributed by atoms with Crippen LogP contribution in [-0.4, -0.2) is 49.6 Å². The van der Waals surface area contributed by atoms with E-state index in [1.54, 1.807) is 10.0 Å². The van der Waals surface area contributed by atoms with E-state index >= 15 is 0 Å². The molecule has 0 radical (unpaired) electrons. The molecule has 0 aromatic carbocycles. The smallest absolute Gasteiger partial charge is 0.0831 e. The lowest BCUT2D eigenvalue weighted by molar-refractivity contribution is 0.432. The molecule has 4 nitrogen and oxygen atoms in total. The summed E-state index contributed by atoms with van der Waals surface area (Å²) in [5.74, 6) is 0. The molecule has 0 heterocycles. The lowest BCUT2D eigenvalue weighted by Gasteiger charge is -2.11. The highest BCUT2D eigenvalue weighted by Gasteiger charge is 2.02. The summed E-state index contributed by atoms with van der Waals surface area (Å²) in [5.41, 5.74) is 2.00. The minimum atomic E-state index is 0.904. The monoisotopic (exact) mass is 184 g/mol. The van der Waals surface area contributed by atoms with Gasteiger partial charge < -0.3 is 10.0 Å². The predicted octanol–water partition coefficient (Wildman–Crippen LogP) is 1.25. The minimum Gasteiger partial charge on any atom is -0.303 e. The highest BCUT2D eigenvalue weighted by Crippen LogP contribution is 1.94. The second-order valence-corrected chi connectivity index (χ2v) is 3.28. The number of nitrogens with zero attached hydrogens (tertiary/aromatic N) is 4. The van der Waals surface area contributed by atoms with Gasteiger partial charge in [0.1, 0.15) is 0 Å². The third-order valence-electron chi connectivity index (χ3n) is 1.42. The molecular formula is C9H20N4. The largest absolute Gasteiger partial charge is 0.303 e. The van der Waals surface area contributed by atoms with E-state index in [0.29, 0.717) is 0 Å². The Morgan fingerprint density at radius 2 is 1.46 bits per heavy atom. The van der Waals surface area contributed by atoms with Gasteiger partial charge in [0.25, 0.3) is 0 Å². The fourth-order valence-electron chi connectivity index (χ4n) is 0.998. The lowest BCUT2D eigenvalue weighted by Crippen LogP contribution is -2.18. The van der Waals surface area contributed by atoms with Gasteiger partial charge in [0.15, 0.2) is 0 Å². The topological polar surface area (TPSA) is 31.2 Å². The Bertz CT molecular complexity index is 204. The van der Waals surface area contributed by atoms with Gasteiger partial charge in [0.05, 0.1) is 11.4 Å². The van der Waals surface area contributed by atoms with Crippen molar-refractivity contribution >= 4 is 11.4 Å². The molecule has 76 valence electrons. The summed E-state index contributed by atoms with van der Waals surface area (Å²) < 4.78 is 0. The number of hydrogen-bond donors (Lipinski definition) is 0. The first-order valence-electron chi connectivity index (χ1n) is 4.45. The Hall–Kier alpha value is -1.06. The zero-order valence-corrected chi connectivity index (χ0v) is 9.50. The summed E-state index contributed by atoms with van der Waals surface area (Å²) in [7, 11) is 7.65. The van der Waals surface area contributed by atoms with E-state index in [-0.39, 0.29) is 0 Å². The lowest BCUT2D eigenvalue weighted by atomic mass is 10.2. The molecule has 4 heteroatoms. The third kappa shape index (κ3) is 5.22. The first-order chi connectivity index (χ1) is 5.97. The molecule has 0 saturated carbocycles. The quantitative estimate of drug-likeness (QED) is 0.486. The van der Waals surface area contributed by atoms with Crippen LogP contribution in [-0.2, 0) is 0 Å². The number of hydrazone groups is 2. The fourth-order valence-corrected chi connectivity index (χ4v) is 0.998. The molecule has 0 aromatic heterocycles. The third-order valence-corrected chi connectivity index (χ3v) is 1.42. The molecule has 0 aliphatic heterocycles. The SMILES string of the molecule is CCC(=NN(C)C)C(C)=NN(C)C. The van der Waals surface area contributed by atoms with Gasteiger partial charge >= 0.3 is 0 Å². The predicted molar refractivity (Wildman–Crippen MR) is 58.2 cm³/mol. The molecule has 0 amide bonds. The van der Waals surface area contributed by atoms with E-state index in [1.165, 1.54) is 0 Å². The van der Waals surface area contributed by atoms with Crippen molar-refractivity contribution in [2.75, 3.05) is 28.2 Å². The summed E-state index contributed by atoms with van der Waals surface area (Å²) >= 11 is 0. The van der Waals surface area contributed by atoms with E-state index in [2.05, 4.69) is 17.1 Å². The van der Waals surface area contributed by atoms with Crippen LogP contribution in [0.5, 0.6) is 0 Å². The zero-order valence-electron chi connectivity index (χ0n) is 9.50. The average Bonchev–Trinajstić information content (AvgIpc) is 1.98. The van der Waals surface area contributed by atoms with Crippen LogP contribution in [0.2, 0.25) is 0 Å². The zero-order chi connectivity index (χ0) is 10.4. The maximum atomic E-state index is 4.34. The van der Waals surface area contributed by atoms with Gasteiger partial charge in [-0.25, -0.2) is 0 Å². The molecule has 0 spiro atoms. The Balaban J connectivity index is 4.58. The van der Waals surface area contributed by atoms with Crippen molar-refractivity contribution < 1.29 is 0 Å². The van der Waals surface area contributed by atoms with E-state index in [0.717, 1.165) is 17.8 Å². The van der Waals surface area contributed by atoms with E-state index in [1.807, 2.05) is 35.1 Å². The van der Waals surface area contributed by atoms with Crippen molar-refractivity contribution in [3.8, 4) is 0 Å². The number of hydrogen-bond acceptors (Lipinski definition) is 4. The highest BCUT2D eigenvalue weighted by molar-refractivity contribution is 6.41. The minimum absolute atomic E-state index is 0.904. The Kier molecular flexibility index (Phi) is 5.11. The summed E-state index contributed by atoms with van der Waals surface area (Å²) in [5, 5.41) is 12.2. The molecule has 0 bridgehead atoms. The van der Waals surface area contributed by atoms with Crippen molar-refractivity contribution in [1.82, 2.24) is 10.0 Å². The van der Waals surface area contributed by atoms with Gasteiger partial charge in [-0.1, -0.05) is 6.92 Å². The van der Waals surface area contributed by atoms with Crippen LogP contribution in [0.4, 0.5) is 0 Å². The average molecular weight is 184 g/mol. The van der Waals surface area contributed by atoms with Crippen LogP contribution >= 0.6 is 0 Å². The molecule has 0 aromatic rings. The van der Waals surface area contributed by atoms with Crippen molar-refractivity contribution in [2.45, 2.75) is 20.3 Å². The number of rotatable bonds is 4. The van der Waals surface area contributed by atoms with E-state index in [9.17, 15) is 0 Å². The molecule has 0 unspecified atom stereocenters. The van der Waals surface area contributed by atoms with Crippen LogP contribution in [0, 0.1) is 0 Å². The Labute approximate surface area is 80.9 Å². The molecular weight excluding hydrogens is 164 g/mol. The Morgan fingerprint density at radius 1 is 1.00 bits per heavy atom. The summed E-state index contributed by atoms with van der Waals surface area (Å²) in [4.78, 5) is 0. The van der Waals surface area contributed by atoms with Crippen LogP contribution in [0.15, 0.2) is 10.2 Å². The van der Waals surface area contributed by atoms with Gasteiger partial charge in [0, 0.05) is 28.2 Å².